The Bertz CT molecular complexity index is 366. The molecule has 0 radical (unpaired) electrons. The molecule has 3 nitrogen and oxygen atoms in total. The lowest BCUT2D eigenvalue weighted by atomic mass is 9.98. The van der Waals surface area contributed by atoms with E-state index in [9.17, 15) is 4.79 Å². The van der Waals surface area contributed by atoms with Crippen molar-refractivity contribution in [1.29, 1.82) is 0 Å². The number of rotatable bonds is 4. The molecule has 1 rings (SSSR count). The Morgan fingerprint density at radius 3 is 2.87 bits per heavy atom. The first-order valence-corrected chi connectivity index (χ1v) is 5.12. The largest absolute Gasteiger partial charge is 0.481 e. The van der Waals surface area contributed by atoms with Crippen molar-refractivity contribution in [2.75, 3.05) is 0 Å². The van der Waals surface area contributed by atoms with E-state index < -0.39 is 5.97 Å². The molecule has 3 N–H and O–H groups in total. The third kappa shape index (κ3) is 3.53. The molecule has 0 fully saturated rings. The number of halogens is 1. The zero-order valence-corrected chi connectivity index (χ0v) is 9.29. The summed E-state index contributed by atoms with van der Waals surface area (Å²) in [6, 6.07) is 5.21. The summed E-state index contributed by atoms with van der Waals surface area (Å²) in [5, 5.41) is 9.18. The summed E-state index contributed by atoms with van der Waals surface area (Å²) in [4.78, 5) is 10.4. The molecular weight excluding hydrogens is 214 g/mol. The maximum absolute atomic E-state index is 10.4. The Morgan fingerprint density at radius 1 is 1.60 bits per heavy atom. The molecule has 1 aromatic rings. The van der Waals surface area contributed by atoms with E-state index >= 15 is 0 Å². The Labute approximate surface area is 93.9 Å². The number of hydrogen-bond donors (Lipinski definition) is 2. The number of aliphatic carboxylic acids is 1. The number of nitrogens with two attached hydrogens (primary N) is 1. The van der Waals surface area contributed by atoms with Crippen molar-refractivity contribution in [2.45, 2.75) is 25.8 Å². The molecular formula is C11H14ClNO2. The quantitative estimate of drug-likeness (QED) is 0.831. The van der Waals surface area contributed by atoms with Gasteiger partial charge in [0.15, 0.2) is 0 Å². The van der Waals surface area contributed by atoms with E-state index in [1.807, 2.05) is 13.0 Å². The zero-order chi connectivity index (χ0) is 11.4. The van der Waals surface area contributed by atoms with E-state index in [0.717, 1.165) is 11.1 Å². The van der Waals surface area contributed by atoms with Gasteiger partial charge in [0.25, 0.3) is 0 Å². The van der Waals surface area contributed by atoms with Gasteiger partial charge in [0, 0.05) is 17.5 Å². The number of carboxylic acid groups (broad SMARTS) is 1. The lowest BCUT2D eigenvalue weighted by Gasteiger charge is -2.13. The lowest BCUT2D eigenvalue weighted by Crippen LogP contribution is -2.13. The van der Waals surface area contributed by atoms with Crippen LogP contribution in [-0.2, 0) is 4.79 Å². The van der Waals surface area contributed by atoms with Crippen LogP contribution < -0.4 is 5.73 Å². The Morgan fingerprint density at radius 2 is 2.27 bits per heavy atom. The summed E-state index contributed by atoms with van der Waals surface area (Å²) in [6.45, 7) is 1.94. The minimum atomic E-state index is -0.829. The third-order valence-electron chi connectivity index (χ3n) is 2.31. The second-order valence-electron chi connectivity index (χ2n) is 3.54. The number of benzene rings is 1. The third-order valence-corrected chi connectivity index (χ3v) is 2.55. The highest BCUT2D eigenvalue weighted by Crippen LogP contribution is 2.23. The van der Waals surface area contributed by atoms with Crippen molar-refractivity contribution >= 4 is 17.6 Å². The van der Waals surface area contributed by atoms with E-state index in [1.54, 1.807) is 12.1 Å². The summed E-state index contributed by atoms with van der Waals surface area (Å²) in [6.07, 6.45) is 0.504. The summed E-state index contributed by atoms with van der Waals surface area (Å²) < 4.78 is 0. The van der Waals surface area contributed by atoms with Crippen molar-refractivity contribution in [3.05, 3.63) is 34.3 Å². The fourth-order valence-corrected chi connectivity index (χ4v) is 1.63. The molecule has 1 unspecified atom stereocenters. The van der Waals surface area contributed by atoms with Crippen molar-refractivity contribution < 1.29 is 9.90 Å². The fourth-order valence-electron chi connectivity index (χ4n) is 1.45. The second kappa shape index (κ2) is 5.14. The maximum Gasteiger partial charge on any atom is 0.303 e. The lowest BCUT2D eigenvalue weighted by molar-refractivity contribution is -0.137. The first kappa shape index (κ1) is 12.0. The van der Waals surface area contributed by atoms with Gasteiger partial charge in [-0.2, -0.15) is 0 Å². The molecule has 0 amide bonds. The summed E-state index contributed by atoms with van der Waals surface area (Å²) in [7, 11) is 0. The van der Waals surface area contributed by atoms with Crippen LogP contribution in [0.2, 0.25) is 5.02 Å². The van der Waals surface area contributed by atoms with E-state index in [4.69, 9.17) is 22.4 Å². The number of carboxylic acids is 1. The van der Waals surface area contributed by atoms with Crippen molar-refractivity contribution in [2.24, 2.45) is 5.73 Å². The molecule has 0 heterocycles. The SMILES string of the molecule is Cc1ccc(Cl)cc1C(N)CCC(=O)O. The summed E-state index contributed by atoms with van der Waals surface area (Å²) in [5.41, 5.74) is 7.85. The molecule has 1 aromatic carbocycles. The van der Waals surface area contributed by atoms with Crippen LogP contribution in [0.3, 0.4) is 0 Å². The number of hydrogen-bond acceptors (Lipinski definition) is 2. The van der Waals surface area contributed by atoms with Crippen LogP contribution in [0.1, 0.15) is 30.0 Å². The monoisotopic (exact) mass is 227 g/mol. The minimum absolute atomic E-state index is 0.0765. The molecule has 0 aliphatic carbocycles. The molecule has 15 heavy (non-hydrogen) atoms. The minimum Gasteiger partial charge on any atom is -0.481 e. The van der Waals surface area contributed by atoms with E-state index in [2.05, 4.69) is 0 Å². The topological polar surface area (TPSA) is 63.3 Å². The van der Waals surface area contributed by atoms with Crippen LogP contribution in [0, 0.1) is 6.92 Å². The zero-order valence-electron chi connectivity index (χ0n) is 8.53. The number of carbonyl (C=O) groups is 1. The Kier molecular flexibility index (Phi) is 4.12. The Balaban J connectivity index is 2.76. The molecule has 0 aliphatic rings. The predicted molar refractivity (Wildman–Crippen MR) is 60.0 cm³/mol. The highest BCUT2D eigenvalue weighted by Gasteiger charge is 2.11. The second-order valence-corrected chi connectivity index (χ2v) is 3.98. The first-order chi connectivity index (χ1) is 7.00. The van der Waals surface area contributed by atoms with E-state index in [-0.39, 0.29) is 12.5 Å². The van der Waals surface area contributed by atoms with Gasteiger partial charge in [-0.15, -0.1) is 0 Å². The van der Waals surface area contributed by atoms with Gasteiger partial charge in [0.1, 0.15) is 0 Å². The van der Waals surface area contributed by atoms with Crippen molar-refractivity contribution in [3.8, 4) is 0 Å². The van der Waals surface area contributed by atoms with Gasteiger partial charge in [-0.25, -0.2) is 0 Å². The maximum atomic E-state index is 10.4. The molecule has 1 atom stereocenters. The molecule has 82 valence electrons. The van der Waals surface area contributed by atoms with Crippen LogP contribution in [0.15, 0.2) is 18.2 Å². The summed E-state index contributed by atoms with van der Waals surface area (Å²) >= 11 is 5.85. The van der Waals surface area contributed by atoms with Gasteiger partial charge >= 0.3 is 5.97 Å². The molecule has 4 heteroatoms. The highest BCUT2D eigenvalue weighted by molar-refractivity contribution is 6.30. The molecule has 0 aliphatic heterocycles. The fraction of sp³-hybridized carbons (Fsp3) is 0.364. The highest BCUT2D eigenvalue weighted by atomic mass is 35.5. The average Bonchev–Trinajstić information content (AvgIpc) is 2.18. The van der Waals surface area contributed by atoms with Crippen LogP contribution in [0.4, 0.5) is 0 Å². The van der Waals surface area contributed by atoms with Crippen LogP contribution >= 0.6 is 11.6 Å². The van der Waals surface area contributed by atoms with Gasteiger partial charge < -0.3 is 10.8 Å². The molecule has 0 saturated heterocycles. The standard InChI is InChI=1S/C11H14ClNO2/c1-7-2-3-8(12)6-9(7)10(13)4-5-11(14)15/h2-3,6,10H,4-5,13H2,1H3,(H,14,15). The van der Waals surface area contributed by atoms with Gasteiger partial charge in [0.2, 0.25) is 0 Å². The summed E-state index contributed by atoms with van der Waals surface area (Å²) in [5.74, 6) is -0.829. The Hall–Kier alpha value is -1.06. The smallest absolute Gasteiger partial charge is 0.303 e. The van der Waals surface area contributed by atoms with E-state index in [1.165, 1.54) is 0 Å². The average molecular weight is 228 g/mol. The molecule has 0 spiro atoms. The molecule has 0 saturated carbocycles. The van der Waals surface area contributed by atoms with Crippen LogP contribution in [-0.4, -0.2) is 11.1 Å². The molecule has 0 bridgehead atoms. The van der Waals surface area contributed by atoms with Gasteiger partial charge in [0.05, 0.1) is 0 Å². The van der Waals surface area contributed by atoms with Gasteiger partial charge in [-0.3, -0.25) is 4.79 Å². The first-order valence-electron chi connectivity index (χ1n) is 4.74. The van der Waals surface area contributed by atoms with Gasteiger partial charge in [-0.1, -0.05) is 17.7 Å². The molecule has 0 aromatic heterocycles. The van der Waals surface area contributed by atoms with Crippen molar-refractivity contribution in [3.63, 3.8) is 0 Å². The normalized spacial score (nSPS) is 12.5. The predicted octanol–water partition coefficient (Wildman–Crippen LogP) is 2.51. The van der Waals surface area contributed by atoms with E-state index in [0.29, 0.717) is 11.4 Å². The van der Waals surface area contributed by atoms with Gasteiger partial charge in [-0.05, 0) is 36.6 Å². The van der Waals surface area contributed by atoms with Crippen LogP contribution in [0.5, 0.6) is 0 Å². The number of aryl methyl sites for hydroxylation is 1. The van der Waals surface area contributed by atoms with Crippen molar-refractivity contribution in [1.82, 2.24) is 0 Å². The van der Waals surface area contributed by atoms with Crippen LogP contribution in [0.25, 0.3) is 0 Å².